The van der Waals surface area contributed by atoms with Crippen LogP contribution in [0.25, 0.3) is 16.9 Å². The number of nitrogens with two attached hydrogens (primary N) is 1. The number of aromatic nitrogens is 5. The van der Waals surface area contributed by atoms with Gasteiger partial charge in [0.05, 0.1) is 16.8 Å². The Kier molecular flexibility index (Phi) is 6.24. The van der Waals surface area contributed by atoms with Crippen molar-refractivity contribution in [1.82, 2.24) is 29.2 Å². The first kappa shape index (κ1) is 24.2. The van der Waals surface area contributed by atoms with Crippen LogP contribution in [0, 0.1) is 0 Å². The molecule has 5 rings (SSSR count). The number of nitrogen functional groups attached to an aromatic ring is 1. The van der Waals surface area contributed by atoms with E-state index in [1.165, 1.54) is 18.3 Å². The Morgan fingerprint density at radius 3 is 2.68 bits per heavy atom. The SMILES string of the molecule is C=CC(=O)N1CCCC(c2nc(-c3ccc(Oc4cc(C(F)(F)F)ccn4)nc3)n3c(N)nccc23)C1. The number of pyridine rings is 2. The van der Waals surface area contributed by atoms with Crippen molar-refractivity contribution in [2.75, 3.05) is 18.8 Å². The van der Waals surface area contributed by atoms with Crippen molar-refractivity contribution in [2.45, 2.75) is 24.9 Å². The molecule has 1 amide bonds. The van der Waals surface area contributed by atoms with E-state index in [1.807, 2.05) is 6.07 Å². The fourth-order valence-corrected chi connectivity index (χ4v) is 4.43. The zero-order valence-corrected chi connectivity index (χ0v) is 19.5. The fraction of sp³-hybridized carbons (Fsp3) is 0.240. The van der Waals surface area contributed by atoms with E-state index in [-0.39, 0.29) is 29.5 Å². The van der Waals surface area contributed by atoms with E-state index in [2.05, 4.69) is 21.5 Å². The van der Waals surface area contributed by atoms with Gasteiger partial charge in [-0.2, -0.15) is 13.2 Å². The van der Waals surface area contributed by atoms with Gasteiger partial charge in [-0.25, -0.2) is 19.9 Å². The van der Waals surface area contributed by atoms with Gasteiger partial charge in [0.2, 0.25) is 23.6 Å². The molecule has 37 heavy (non-hydrogen) atoms. The Hall–Kier alpha value is -4.48. The minimum atomic E-state index is -4.51. The van der Waals surface area contributed by atoms with E-state index in [1.54, 1.807) is 21.6 Å². The smallest absolute Gasteiger partial charge is 0.416 e. The highest BCUT2D eigenvalue weighted by molar-refractivity contribution is 5.87. The molecule has 9 nitrogen and oxygen atoms in total. The predicted octanol–water partition coefficient (Wildman–Crippen LogP) is 4.47. The van der Waals surface area contributed by atoms with Gasteiger partial charge >= 0.3 is 6.18 Å². The third-order valence-corrected chi connectivity index (χ3v) is 6.17. The van der Waals surface area contributed by atoms with Crippen LogP contribution in [0.5, 0.6) is 11.8 Å². The number of imidazole rings is 1. The van der Waals surface area contributed by atoms with Gasteiger partial charge in [0.1, 0.15) is 5.82 Å². The Labute approximate surface area is 209 Å². The second-order valence-corrected chi connectivity index (χ2v) is 8.54. The van der Waals surface area contributed by atoms with Gasteiger partial charge in [0.25, 0.3) is 0 Å². The second-order valence-electron chi connectivity index (χ2n) is 8.54. The van der Waals surface area contributed by atoms with Crippen LogP contribution < -0.4 is 10.5 Å². The topological polar surface area (TPSA) is 112 Å². The van der Waals surface area contributed by atoms with Crippen LogP contribution in [-0.2, 0) is 11.0 Å². The molecule has 1 aliphatic rings. The summed E-state index contributed by atoms with van der Waals surface area (Å²) in [6, 6.07) is 6.67. The van der Waals surface area contributed by atoms with Crippen LogP contribution in [0.3, 0.4) is 0 Å². The van der Waals surface area contributed by atoms with E-state index in [4.69, 9.17) is 15.5 Å². The number of hydrogen-bond acceptors (Lipinski definition) is 7. The quantitative estimate of drug-likeness (QED) is 0.395. The standard InChI is InChI=1S/C25H22F3N7O2/c1-2-21(36)34-11-3-4-16(14-34)22-18-8-10-31-24(29)35(18)23(33-22)15-5-6-19(32-13-15)37-20-12-17(7-9-30-20)25(26,27)28/h2,5-10,12-13,16H,1,3-4,11,14H2,(H2,29,31). The van der Waals surface area contributed by atoms with Crippen molar-refractivity contribution in [2.24, 2.45) is 0 Å². The van der Waals surface area contributed by atoms with Crippen molar-refractivity contribution in [3.8, 4) is 23.1 Å². The van der Waals surface area contributed by atoms with E-state index in [0.717, 1.165) is 42.4 Å². The number of anilines is 1. The molecule has 190 valence electrons. The first-order valence-electron chi connectivity index (χ1n) is 11.5. The summed E-state index contributed by atoms with van der Waals surface area (Å²) in [5.74, 6) is 0.436. The van der Waals surface area contributed by atoms with Crippen LogP contribution in [0.2, 0.25) is 0 Å². The minimum Gasteiger partial charge on any atom is -0.421 e. The Balaban J connectivity index is 1.46. The third-order valence-electron chi connectivity index (χ3n) is 6.17. The highest BCUT2D eigenvalue weighted by atomic mass is 19.4. The number of nitrogens with zero attached hydrogens (tertiary/aromatic N) is 6. The summed E-state index contributed by atoms with van der Waals surface area (Å²) >= 11 is 0. The van der Waals surface area contributed by atoms with Gasteiger partial charge in [-0.1, -0.05) is 6.58 Å². The first-order chi connectivity index (χ1) is 17.7. The number of rotatable bonds is 5. The van der Waals surface area contributed by atoms with E-state index in [9.17, 15) is 18.0 Å². The number of likely N-dealkylation sites (tertiary alicyclic amines) is 1. The molecule has 0 saturated carbocycles. The van der Waals surface area contributed by atoms with Gasteiger partial charge in [0.15, 0.2) is 0 Å². The summed E-state index contributed by atoms with van der Waals surface area (Å²) in [6.45, 7) is 4.75. The maximum atomic E-state index is 13.0. The van der Waals surface area contributed by atoms with Crippen molar-refractivity contribution in [3.05, 3.63) is 72.8 Å². The molecule has 4 aromatic rings. The largest absolute Gasteiger partial charge is 0.421 e. The molecule has 4 aromatic heterocycles. The summed E-state index contributed by atoms with van der Waals surface area (Å²) in [4.78, 5) is 31.1. The van der Waals surface area contributed by atoms with E-state index >= 15 is 0 Å². The summed E-state index contributed by atoms with van der Waals surface area (Å²) in [7, 11) is 0. The van der Waals surface area contributed by atoms with E-state index in [0.29, 0.717) is 24.5 Å². The normalized spacial score (nSPS) is 16.1. The lowest BCUT2D eigenvalue weighted by Gasteiger charge is -2.31. The van der Waals surface area contributed by atoms with Gasteiger partial charge in [-0.15, -0.1) is 0 Å². The molecule has 0 radical (unpaired) electrons. The van der Waals surface area contributed by atoms with E-state index < -0.39 is 11.7 Å². The lowest BCUT2D eigenvalue weighted by Crippen LogP contribution is -2.38. The summed E-state index contributed by atoms with van der Waals surface area (Å²) in [5.41, 5.74) is 7.49. The first-order valence-corrected chi connectivity index (χ1v) is 11.5. The molecule has 0 aliphatic carbocycles. The average molecular weight is 509 g/mol. The minimum absolute atomic E-state index is 0.00857. The van der Waals surface area contributed by atoms with Crippen molar-refractivity contribution >= 4 is 17.4 Å². The van der Waals surface area contributed by atoms with Gasteiger partial charge in [-0.05, 0) is 37.1 Å². The lowest BCUT2D eigenvalue weighted by molar-refractivity contribution is -0.137. The highest BCUT2D eigenvalue weighted by Gasteiger charge is 2.31. The number of carbonyl (C=O) groups is 1. The maximum Gasteiger partial charge on any atom is 0.416 e. The maximum absolute atomic E-state index is 13.0. The number of piperidine rings is 1. The molecule has 1 unspecified atom stereocenters. The molecular weight excluding hydrogens is 487 g/mol. The molecule has 1 aliphatic heterocycles. The molecule has 0 bridgehead atoms. The number of carbonyl (C=O) groups excluding carboxylic acids is 1. The monoisotopic (exact) mass is 509 g/mol. The summed E-state index contributed by atoms with van der Waals surface area (Å²) in [6.07, 6.45) is 2.59. The molecule has 0 spiro atoms. The number of ether oxygens (including phenoxy) is 1. The number of halogens is 3. The number of hydrogen-bond donors (Lipinski definition) is 1. The zero-order valence-electron chi connectivity index (χ0n) is 19.5. The van der Waals surface area contributed by atoms with Crippen molar-refractivity contribution < 1.29 is 22.7 Å². The Morgan fingerprint density at radius 2 is 1.95 bits per heavy atom. The molecule has 0 aromatic carbocycles. The molecule has 1 atom stereocenters. The third kappa shape index (κ3) is 4.82. The van der Waals surface area contributed by atoms with Crippen molar-refractivity contribution in [3.63, 3.8) is 0 Å². The molecule has 1 fully saturated rings. The van der Waals surface area contributed by atoms with Crippen LogP contribution in [0.4, 0.5) is 19.1 Å². The molecule has 2 N–H and O–H groups in total. The molecule has 1 saturated heterocycles. The Bertz CT molecular complexity index is 1470. The molecule has 12 heteroatoms. The highest BCUT2D eigenvalue weighted by Crippen LogP contribution is 2.34. The van der Waals surface area contributed by atoms with Crippen LogP contribution in [0.1, 0.15) is 30.0 Å². The van der Waals surface area contributed by atoms with Gasteiger partial charge < -0.3 is 15.4 Å². The predicted molar refractivity (Wildman–Crippen MR) is 129 cm³/mol. The Morgan fingerprint density at radius 1 is 1.14 bits per heavy atom. The number of fused-ring (bicyclic) bond motifs is 1. The van der Waals surface area contributed by atoms with Crippen LogP contribution in [-0.4, -0.2) is 48.2 Å². The zero-order chi connectivity index (χ0) is 26.2. The fourth-order valence-electron chi connectivity index (χ4n) is 4.43. The molecule has 5 heterocycles. The lowest BCUT2D eigenvalue weighted by atomic mass is 9.94. The van der Waals surface area contributed by atoms with Gasteiger partial charge in [-0.3, -0.25) is 9.20 Å². The second kappa shape index (κ2) is 9.52. The van der Waals surface area contributed by atoms with Crippen molar-refractivity contribution in [1.29, 1.82) is 0 Å². The number of amides is 1. The van der Waals surface area contributed by atoms with Crippen LogP contribution in [0.15, 0.2) is 61.6 Å². The van der Waals surface area contributed by atoms with Gasteiger partial charge in [0, 0.05) is 55.3 Å². The summed E-state index contributed by atoms with van der Waals surface area (Å²) in [5, 5.41) is 0. The number of alkyl halides is 3. The summed E-state index contributed by atoms with van der Waals surface area (Å²) < 4.78 is 46.1. The average Bonchev–Trinajstić information content (AvgIpc) is 3.29. The molecular formula is C25H22F3N7O2. The van der Waals surface area contributed by atoms with Crippen LogP contribution >= 0.6 is 0 Å².